The molecule has 1 aromatic rings. The number of benzene rings is 1. The summed E-state index contributed by atoms with van der Waals surface area (Å²) in [6.45, 7) is 1.94. The maximum atomic E-state index is 12.5. The van der Waals surface area contributed by atoms with E-state index in [9.17, 15) is 19.5 Å². The third-order valence-corrected chi connectivity index (χ3v) is 3.84. The zero-order chi connectivity index (χ0) is 17.1. The van der Waals surface area contributed by atoms with Gasteiger partial charge in [0.25, 0.3) is 0 Å². The van der Waals surface area contributed by atoms with Gasteiger partial charge in [-0.15, -0.1) is 0 Å². The summed E-state index contributed by atoms with van der Waals surface area (Å²) in [5.41, 5.74) is 6.24. The molecule has 8 heteroatoms. The highest BCUT2D eigenvalue weighted by Gasteiger charge is 2.36. The molecule has 1 fully saturated rings. The van der Waals surface area contributed by atoms with Gasteiger partial charge in [-0.05, 0) is 38.0 Å². The predicted octanol–water partition coefficient (Wildman–Crippen LogP) is 0.843. The van der Waals surface area contributed by atoms with Crippen LogP contribution in [0.3, 0.4) is 0 Å². The molecule has 2 atom stereocenters. The van der Waals surface area contributed by atoms with E-state index in [-0.39, 0.29) is 17.2 Å². The van der Waals surface area contributed by atoms with Crippen LogP contribution in [0.1, 0.15) is 30.1 Å². The fraction of sp³-hybridized carbons (Fsp3) is 0.400. The number of amides is 1. The van der Waals surface area contributed by atoms with E-state index in [1.54, 1.807) is 6.92 Å². The first kappa shape index (κ1) is 16.6. The van der Waals surface area contributed by atoms with E-state index in [0.29, 0.717) is 25.1 Å². The summed E-state index contributed by atoms with van der Waals surface area (Å²) in [5.74, 6) is -2.55. The number of aliphatic carboxylic acids is 1. The lowest BCUT2D eigenvalue weighted by molar-refractivity contribution is -0.148. The van der Waals surface area contributed by atoms with Gasteiger partial charge in [-0.25, -0.2) is 9.59 Å². The number of anilines is 2. The van der Waals surface area contributed by atoms with Crippen LogP contribution >= 0.6 is 0 Å². The van der Waals surface area contributed by atoms with Crippen LogP contribution < -0.4 is 11.1 Å². The minimum Gasteiger partial charge on any atom is -0.480 e. The molecule has 1 saturated heterocycles. The number of carbonyl (C=O) groups excluding carboxylic acids is 1. The van der Waals surface area contributed by atoms with Crippen molar-refractivity contribution in [3.63, 3.8) is 0 Å². The van der Waals surface area contributed by atoms with Crippen LogP contribution in [-0.2, 0) is 9.59 Å². The second-order valence-corrected chi connectivity index (χ2v) is 5.50. The summed E-state index contributed by atoms with van der Waals surface area (Å²) in [7, 11) is 0. The zero-order valence-corrected chi connectivity index (χ0v) is 12.7. The first-order valence-corrected chi connectivity index (χ1v) is 7.24. The van der Waals surface area contributed by atoms with E-state index >= 15 is 0 Å². The van der Waals surface area contributed by atoms with Crippen LogP contribution in [0.25, 0.3) is 0 Å². The minimum atomic E-state index is -1.14. The Morgan fingerprint density at radius 2 is 2.04 bits per heavy atom. The van der Waals surface area contributed by atoms with Crippen LogP contribution in [0.4, 0.5) is 11.4 Å². The average molecular weight is 321 g/mol. The Labute approximate surface area is 132 Å². The van der Waals surface area contributed by atoms with E-state index in [4.69, 9.17) is 10.8 Å². The third kappa shape index (κ3) is 3.53. The van der Waals surface area contributed by atoms with Gasteiger partial charge in [0.05, 0.1) is 11.3 Å². The first-order chi connectivity index (χ1) is 10.8. The van der Waals surface area contributed by atoms with Gasteiger partial charge in [0.1, 0.15) is 12.1 Å². The summed E-state index contributed by atoms with van der Waals surface area (Å²) < 4.78 is 0. The second-order valence-electron chi connectivity index (χ2n) is 5.50. The fourth-order valence-electron chi connectivity index (χ4n) is 2.70. The van der Waals surface area contributed by atoms with E-state index in [2.05, 4.69) is 5.32 Å². The van der Waals surface area contributed by atoms with Gasteiger partial charge >= 0.3 is 11.9 Å². The van der Waals surface area contributed by atoms with Crippen molar-refractivity contribution in [3.8, 4) is 0 Å². The van der Waals surface area contributed by atoms with Crippen molar-refractivity contribution in [2.75, 3.05) is 17.6 Å². The van der Waals surface area contributed by atoms with E-state index in [0.717, 1.165) is 0 Å². The van der Waals surface area contributed by atoms with Crippen molar-refractivity contribution < 1.29 is 24.6 Å². The number of carbonyl (C=O) groups is 3. The van der Waals surface area contributed by atoms with Gasteiger partial charge in [0.2, 0.25) is 5.91 Å². The maximum absolute atomic E-state index is 12.5. The Balaban J connectivity index is 2.17. The second kappa shape index (κ2) is 6.55. The number of likely N-dealkylation sites (tertiary alicyclic amines) is 1. The number of hydrogen-bond donors (Lipinski definition) is 4. The zero-order valence-electron chi connectivity index (χ0n) is 12.7. The summed E-state index contributed by atoms with van der Waals surface area (Å²) in [4.78, 5) is 36.2. The molecule has 0 aromatic heterocycles. The predicted molar refractivity (Wildman–Crippen MR) is 83.3 cm³/mol. The molecule has 5 N–H and O–H groups in total. The number of carboxylic acid groups (broad SMARTS) is 2. The Morgan fingerprint density at radius 3 is 2.65 bits per heavy atom. The Hall–Kier alpha value is -2.77. The van der Waals surface area contributed by atoms with Crippen molar-refractivity contribution >= 4 is 29.2 Å². The number of rotatable bonds is 5. The SMILES string of the molecule is C[C@H](Nc1cc(N)ccc1C(=O)O)C(=O)N1CCC[C@H]1C(=O)O. The molecule has 1 aliphatic heterocycles. The highest BCUT2D eigenvalue weighted by atomic mass is 16.4. The summed E-state index contributed by atoms with van der Waals surface area (Å²) in [6.07, 6.45) is 1.06. The lowest BCUT2D eigenvalue weighted by Crippen LogP contribution is -2.46. The smallest absolute Gasteiger partial charge is 0.337 e. The van der Waals surface area contributed by atoms with Crippen LogP contribution in [-0.4, -0.2) is 51.6 Å². The number of carboxylic acids is 2. The highest BCUT2D eigenvalue weighted by molar-refractivity contribution is 5.96. The molecule has 0 radical (unpaired) electrons. The van der Waals surface area contributed by atoms with Crippen LogP contribution in [0.5, 0.6) is 0 Å². The number of nitrogens with zero attached hydrogens (tertiary/aromatic N) is 1. The Morgan fingerprint density at radius 1 is 1.35 bits per heavy atom. The molecule has 0 spiro atoms. The molecule has 0 unspecified atom stereocenters. The number of hydrogen-bond acceptors (Lipinski definition) is 5. The summed E-state index contributed by atoms with van der Waals surface area (Å²) >= 11 is 0. The van der Waals surface area contributed by atoms with Crippen molar-refractivity contribution in [2.24, 2.45) is 0 Å². The van der Waals surface area contributed by atoms with Gasteiger partial charge < -0.3 is 26.2 Å². The lowest BCUT2D eigenvalue weighted by atomic mass is 10.1. The standard InChI is InChI=1S/C15H19N3O5/c1-8(13(19)18-6-2-3-12(18)15(22)23)17-11-7-9(16)4-5-10(11)14(20)21/h4-5,7-8,12,17H,2-3,6,16H2,1H3,(H,20,21)(H,22,23)/t8-,12-/m0/s1. The molecule has 1 amide bonds. The number of nitrogen functional groups attached to an aromatic ring is 1. The molecule has 1 heterocycles. The fourth-order valence-corrected chi connectivity index (χ4v) is 2.70. The van der Waals surface area contributed by atoms with Gasteiger partial charge in [-0.1, -0.05) is 0 Å². The molecule has 0 aliphatic carbocycles. The molecule has 2 rings (SSSR count). The summed E-state index contributed by atoms with van der Waals surface area (Å²) in [5, 5.41) is 21.2. The van der Waals surface area contributed by atoms with Crippen molar-refractivity contribution in [2.45, 2.75) is 31.8 Å². The van der Waals surface area contributed by atoms with Gasteiger partial charge in [0, 0.05) is 12.2 Å². The van der Waals surface area contributed by atoms with Gasteiger partial charge in [-0.2, -0.15) is 0 Å². The number of nitrogens with two attached hydrogens (primary N) is 1. The monoisotopic (exact) mass is 321 g/mol. The average Bonchev–Trinajstić information content (AvgIpc) is 2.95. The largest absolute Gasteiger partial charge is 0.480 e. The van der Waals surface area contributed by atoms with Crippen molar-refractivity contribution in [3.05, 3.63) is 23.8 Å². The maximum Gasteiger partial charge on any atom is 0.337 e. The quantitative estimate of drug-likeness (QED) is 0.591. The molecule has 23 heavy (non-hydrogen) atoms. The van der Waals surface area contributed by atoms with Crippen LogP contribution in [0.15, 0.2) is 18.2 Å². The molecular weight excluding hydrogens is 302 g/mol. The van der Waals surface area contributed by atoms with Crippen LogP contribution in [0.2, 0.25) is 0 Å². The molecule has 0 bridgehead atoms. The topological polar surface area (TPSA) is 133 Å². The van der Waals surface area contributed by atoms with Gasteiger partial charge in [0.15, 0.2) is 0 Å². The summed E-state index contributed by atoms with van der Waals surface area (Å²) in [6, 6.07) is 2.66. The lowest BCUT2D eigenvalue weighted by Gasteiger charge is -2.26. The first-order valence-electron chi connectivity index (χ1n) is 7.24. The third-order valence-electron chi connectivity index (χ3n) is 3.84. The Kier molecular flexibility index (Phi) is 4.73. The van der Waals surface area contributed by atoms with E-state index < -0.39 is 24.0 Å². The molecular formula is C15H19N3O5. The van der Waals surface area contributed by atoms with Crippen LogP contribution in [0, 0.1) is 0 Å². The number of nitrogens with one attached hydrogen (secondary N) is 1. The number of aromatic carboxylic acids is 1. The molecule has 124 valence electrons. The minimum absolute atomic E-state index is 0.00458. The van der Waals surface area contributed by atoms with Crippen molar-refractivity contribution in [1.82, 2.24) is 4.90 Å². The van der Waals surface area contributed by atoms with E-state index in [1.807, 2.05) is 0 Å². The molecule has 1 aromatic carbocycles. The molecule has 0 saturated carbocycles. The Bertz CT molecular complexity index is 646. The van der Waals surface area contributed by atoms with Crippen molar-refractivity contribution in [1.29, 1.82) is 0 Å². The van der Waals surface area contributed by atoms with E-state index in [1.165, 1.54) is 23.1 Å². The molecule has 1 aliphatic rings. The molecule has 8 nitrogen and oxygen atoms in total. The van der Waals surface area contributed by atoms with Gasteiger partial charge in [-0.3, -0.25) is 4.79 Å². The normalized spacial score (nSPS) is 18.5. The highest BCUT2D eigenvalue weighted by Crippen LogP contribution is 2.23.